The first-order chi connectivity index (χ1) is 11.0. The molecule has 3 nitrogen and oxygen atoms in total. The lowest BCUT2D eigenvalue weighted by atomic mass is 9.92. The van der Waals surface area contributed by atoms with Gasteiger partial charge in [0, 0.05) is 5.39 Å². The maximum atomic E-state index is 14.7. The van der Waals surface area contributed by atoms with Gasteiger partial charge in [0.15, 0.2) is 5.82 Å². The summed E-state index contributed by atoms with van der Waals surface area (Å²) in [6.07, 6.45) is 0. The molecule has 0 radical (unpaired) electrons. The molecule has 3 rings (SSSR count). The highest BCUT2D eigenvalue weighted by Crippen LogP contribution is 2.35. The maximum absolute atomic E-state index is 14.7. The van der Waals surface area contributed by atoms with Crippen LogP contribution in [0.4, 0.5) is 13.2 Å². The molecule has 0 saturated heterocycles. The molecular weight excluding hydrogens is 303 g/mol. The molecule has 23 heavy (non-hydrogen) atoms. The summed E-state index contributed by atoms with van der Waals surface area (Å²) in [5, 5.41) is 26.2. The third-order valence-corrected chi connectivity index (χ3v) is 3.60. The summed E-state index contributed by atoms with van der Waals surface area (Å²) in [6, 6.07) is 9.77. The zero-order chi connectivity index (χ0) is 16.7. The van der Waals surface area contributed by atoms with Gasteiger partial charge in [-0.25, -0.2) is 13.2 Å². The summed E-state index contributed by atoms with van der Waals surface area (Å²) < 4.78 is 43.1. The Hall–Kier alpha value is -3.56. The van der Waals surface area contributed by atoms with Gasteiger partial charge in [0.25, 0.3) is 0 Å². The first-order valence-electron chi connectivity index (χ1n) is 6.31. The molecule has 0 aliphatic heterocycles. The molecule has 3 aromatic carbocycles. The Morgan fingerprint density at radius 1 is 0.739 bits per heavy atom. The van der Waals surface area contributed by atoms with Crippen LogP contribution < -0.4 is 0 Å². The number of benzene rings is 3. The lowest BCUT2D eigenvalue weighted by Crippen LogP contribution is -2.00. The van der Waals surface area contributed by atoms with Crippen LogP contribution in [0.2, 0.25) is 0 Å². The van der Waals surface area contributed by atoms with Gasteiger partial charge in [-0.1, -0.05) is 12.1 Å². The highest BCUT2D eigenvalue weighted by Gasteiger charge is 2.24. The Balaban J connectivity index is 2.74. The molecule has 0 unspecified atom stereocenters. The molecule has 6 heteroatoms. The minimum atomic E-state index is -1.28. The molecule has 3 aromatic rings. The second-order valence-corrected chi connectivity index (χ2v) is 4.73. The normalized spacial score (nSPS) is 10.3. The fourth-order valence-corrected chi connectivity index (χ4v) is 2.60. The summed E-state index contributed by atoms with van der Waals surface area (Å²) in [4.78, 5) is 0. The lowest BCUT2D eigenvalue weighted by molar-refractivity contribution is 0.599. The average Bonchev–Trinajstić information content (AvgIpc) is 2.54. The van der Waals surface area contributed by atoms with Crippen molar-refractivity contribution in [2.75, 3.05) is 0 Å². The molecule has 0 N–H and O–H groups in total. The van der Waals surface area contributed by atoms with E-state index in [1.165, 1.54) is 24.3 Å². The van der Waals surface area contributed by atoms with Crippen molar-refractivity contribution < 1.29 is 13.2 Å². The van der Waals surface area contributed by atoms with Crippen LogP contribution >= 0.6 is 0 Å². The van der Waals surface area contributed by atoms with Crippen LogP contribution in [-0.4, -0.2) is 0 Å². The third-order valence-electron chi connectivity index (χ3n) is 3.60. The van der Waals surface area contributed by atoms with Crippen molar-refractivity contribution in [1.82, 2.24) is 0 Å². The van der Waals surface area contributed by atoms with Gasteiger partial charge in [-0.15, -0.1) is 0 Å². The molecule has 0 atom stereocenters. The molecule has 0 aliphatic carbocycles. The summed E-state index contributed by atoms with van der Waals surface area (Å²) in [7, 11) is 0. The van der Waals surface area contributed by atoms with E-state index in [1.807, 2.05) is 0 Å². The highest BCUT2D eigenvalue weighted by molar-refractivity contribution is 6.03. The third kappa shape index (κ3) is 1.81. The molecular formula is C17H4F3N3. The fraction of sp³-hybridized carbons (Fsp3) is 0. The van der Waals surface area contributed by atoms with Crippen LogP contribution in [0.1, 0.15) is 16.7 Å². The van der Waals surface area contributed by atoms with Crippen LogP contribution in [-0.2, 0) is 0 Å². The first-order valence-corrected chi connectivity index (χ1v) is 6.31. The van der Waals surface area contributed by atoms with Gasteiger partial charge in [-0.05, 0) is 17.5 Å². The van der Waals surface area contributed by atoms with Gasteiger partial charge in [-0.3, -0.25) is 0 Å². The van der Waals surface area contributed by atoms with Crippen LogP contribution in [0.3, 0.4) is 0 Å². The topological polar surface area (TPSA) is 71.4 Å². The molecule has 0 amide bonds. The fourth-order valence-electron chi connectivity index (χ4n) is 2.60. The predicted octanol–water partition coefficient (Wildman–Crippen LogP) is 4.03. The van der Waals surface area contributed by atoms with Crippen molar-refractivity contribution in [2.45, 2.75) is 0 Å². The second kappa shape index (κ2) is 5.02. The monoisotopic (exact) mass is 307 g/mol. The lowest BCUT2D eigenvalue weighted by Gasteiger charge is -2.10. The minimum Gasteiger partial charge on any atom is -0.206 e. The van der Waals surface area contributed by atoms with E-state index in [0.717, 1.165) is 6.07 Å². The summed E-state index contributed by atoms with van der Waals surface area (Å²) in [5.41, 5.74) is -1.51. The van der Waals surface area contributed by atoms with E-state index < -0.39 is 39.4 Å². The SMILES string of the molecule is N#Cc1c(C#N)c(F)c2c(F)c3c(F)cccc3cc2c1C#N. The van der Waals surface area contributed by atoms with Crippen molar-refractivity contribution >= 4 is 21.5 Å². The first kappa shape index (κ1) is 14.4. The van der Waals surface area contributed by atoms with Crippen molar-refractivity contribution in [3.05, 3.63) is 58.4 Å². The quantitative estimate of drug-likeness (QED) is 0.589. The molecule has 0 spiro atoms. The van der Waals surface area contributed by atoms with E-state index in [1.54, 1.807) is 12.1 Å². The average molecular weight is 307 g/mol. The molecule has 0 aliphatic rings. The number of hydrogen-bond acceptors (Lipinski definition) is 3. The molecule has 0 fully saturated rings. The Morgan fingerprint density at radius 2 is 1.39 bits per heavy atom. The predicted molar refractivity (Wildman–Crippen MR) is 75.5 cm³/mol. The van der Waals surface area contributed by atoms with Crippen molar-refractivity contribution in [2.24, 2.45) is 0 Å². The van der Waals surface area contributed by atoms with Gasteiger partial charge < -0.3 is 0 Å². The Morgan fingerprint density at radius 3 is 2.00 bits per heavy atom. The Bertz CT molecular complexity index is 1130. The van der Waals surface area contributed by atoms with Crippen molar-refractivity contribution in [3.63, 3.8) is 0 Å². The smallest absolute Gasteiger partial charge is 0.153 e. The summed E-state index contributed by atoms with van der Waals surface area (Å²) in [6.45, 7) is 0. The maximum Gasteiger partial charge on any atom is 0.153 e. The van der Waals surface area contributed by atoms with E-state index in [4.69, 9.17) is 10.5 Å². The molecule has 108 valence electrons. The molecule has 0 aromatic heterocycles. The highest BCUT2D eigenvalue weighted by atomic mass is 19.1. The van der Waals surface area contributed by atoms with E-state index in [2.05, 4.69) is 0 Å². The van der Waals surface area contributed by atoms with Crippen molar-refractivity contribution in [1.29, 1.82) is 15.8 Å². The Kier molecular flexibility index (Phi) is 3.14. The van der Waals surface area contributed by atoms with Crippen LogP contribution in [0.25, 0.3) is 21.5 Å². The summed E-state index contributed by atoms with van der Waals surface area (Å²) in [5.74, 6) is -3.37. The Labute approximate surface area is 128 Å². The zero-order valence-electron chi connectivity index (χ0n) is 11.3. The zero-order valence-corrected chi connectivity index (χ0v) is 11.3. The van der Waals surface area contributed by atoms with Crippen LogP contribution in [0.15, 0.2) is 24.3 Å². The molecule has 0 saturated carbocycles. The number of halogens is 3. The second-order valence-electron chi connectivity index (χ2n) is 4.73. The van der Waals surface area contributed by atoms with E-state index in [-0.39, 0.29) is 16.3 Å². The summed E-state index contributed by atoms with van der Waals surface area (Å²) >= 11 is 0. The van der Waals surface area contributed by atoms with Gasteiger partial charge in [-0.2, -0.15) is 15.8 Å². The standard InChI is InChI=1S/C17H4F3N3/c18-13-3-1-2-8-4-9-10(5-21)11(6-22)12(7-23)16(19)15(9)17(20)14(8)13/h1-4H. The van der Waals surface area contributed by atoms with Crippen LogP contribution in [0, 0.1) is 51.4 Å². The minimum absolute atomic E-state index is 0.125. The number of nitrogens with zero attached hydrogens (tertiary/aromatic N) is 3. The number of hydrogen-bond donors (Lipinski definition) is 0. The van der Waals surface area contributed by atoms with Gasteiger partial charge in [0.05, 0.1) is 21.9 Å². The number of fused-ring (bicyclic) bond motifs is 2. The molecule has 0 bridgehead atoms. The van der Waals surface area contributed by atoms with Gasteiger partial charge in [0.1, 0.15) is 35.4 Å². The number of rotatable bonds is 0. The van der Waals surface area contributed by atoms with E-state index in [0.29, 0.717) is 0 Å². The van der Waals surface area contributed by atoms with E-state index in [9.17, 15) is 18.4 Å². The number of nitriles is 3. The van der Waals surface area contributed by atoms with Crippen LogP contribution in [0.5, 0.6) is 0 Å². The largest absolute Gasteiger partial charge is 0.206 e. The van der Waals surface area contributed by atoms with Gasteiger partial charge in [0.2, 0.25) is 0 Å². The van der Waals surface area contributed by atoms with E-state index >= 15 is 0 Å². The molecule has 0 heterocycles. The van der Waals surface area contributed by atoms with Gasteiger partial charge >= 0.3 is 0 Å². The van der Waals surface area contributed by atoms with Crippen molar-refractivity contribution in [3.8, 4) is 18.2 Å².